The van der Waals surface area contributed by atoms with E-state index in [2.05, 4.69) is 31.9 Å². The number of guanidine groups is 1. The quantitative estimate of drug-likeness (QED) is 0.101. The van der Waals surface area contributed by atoms with Gasteiger partial charge in [-0.25, -0.2) is 22.9 Å². The van der Waals surface area contributed by atoms with Crippen molar-refractivity contribution in [2.45, 2.75) is 38.2 Å². The fourth-order valence-corrected chi connectivity index (χ4v) is 4.66. The molecule has 0 aliphatic heterocycles. The van der Waals surface area contributed by atoms with E-state index < -0.39 is 52.3 Å². The third-order valence-corrected chi connectivity index (χ3v) is 7.24. The van der Waals surface area contributed by atoms with Crippen LogP contribution in [0, 0.1) is 0 Å². The number of halogens is 1. The van der Waals surface area contributed by atoms with E-state index >= 15 is 0 Å². The third-order valence-electron chi connectivity index (χ3n) is 5.63. The fourth-order valence-electron chi connectivity index (χ4n) is 3.21. The first-order valence-electron chi connectivity index (χ1n) is 12.2. The van der Waals surface area contributed by atoms with Crippen LogP contribution in [0.1, 0.15) is 25.0 Å². The lowest BCUT2D eigenvalue weighted by Gasteiger charge is -2.28. The Hall–Kier alpha value is -3.98. The highest BCUT2D eigenvalue weighted by Gasteiger charge is 2.31. The van der Waals surface area contributed by atoms with Crippen LogP contribution in [0.5, 0.6) is 0 Å². The van der Waals surface area contributed by atoms with Gasteiger partial charge in [-0.15, -0.1) is 0 Å². The minimum absolute atomic E-state index is 0.121. The third kappa shape index (κ3) is 10.8. The molecule has 0 saturated heterocycles. The Labute approximate surface area is 243 Å². The number of aliphatic imine (C=N–C) groups is 1. The summed E-state index contributed by atoms with van der Waals surface area (Å²) in [6.07, 6.45) is 0. The number of aliphatic hydroxyl groups is 1. The molecular weight excluding hydrogens is 576 g/mol. The van der Waals surface area contributed by atoms with Crippen LogP contribution in [0.25, 0.3) is 0 Å². The van der Waals surface area contributed by atoms with E-state index in [1.807, 2.05) is 0 Å². The lowest BCUT2D eigenvalue weighted by atomic mass is 10.2. The number of hydroxylamine groups is 1. The summed E-state index contributed by atoms with van der Waals surface area (Å²) in [4.78, 5) is 46.8. The molecule has 2 amide bonds. The molecule has 41 heavy (non-hydrogen) atoms. The van der Waals surface area contributed by atoms with Crippen molar-refractivity contribution >= 4 is 51.1 Å². The maximum atomic E-state index is 12.9. The number of sulfonamides is 1. The first-order chi connectivity index (χ1) is 19.2. The van der Waals surface area contributed by atoms with Crippen molar-refractivity contribution in [3.63, 3.8) is 0 Å². The normalized spacial score (nSPS) is 13.0. The number of benzene rings is 2. The molecule has 0 spiro atoms. The predicted octanol–water partition coefficient (Wildman–Crippen LogP) is 0.854. The van der Waals surface area contributed by atoms with E-state index in [9.17, 15) is 27.9 Å². The Morgan fingerprint density at radius 3 is 2.27 bits per heavy atom. The van der Waals surface area contributed by atoms with Gasteiger partial charge >= 0.3 is 5.97 Å². The van der Waals surface area contributed by atoms with Crippen molar-refractivity contribution in [3.05, 3.63) is 76.8 Å². The molecule has 0 aromatic heterocycles. The molecule has 15 heteroatoms. The summed E-state index contributed by atoms with van der Waals surface area (Å²) in [5, 5.41) is 12.8. The van der Waals surface area contributed by atoms with Crippen molar-refractivity contribution in [2.75, 3.05) is 13.7 Å². The molecule has 2 aromatic carbocycles. The van der Waals surface area contributed by atoms with Gasteiger partial charge in [0.2, 0.25) is 27.8 Å². The van der Waals surface area contributed by atoms with E-state index in [4.69, 9.17) is 17.3 Å². The molecule has 0 aliphatic carbocycles. The van der Waals surface area contributed by atoms with Crippen molar-refractivity contribution in [3.8, 4) is 0 Å². The van der Waals surface area contributed by atoms with E-state index in [1.165, 1.54) is 45.2 Å². The number of hydrogen-bond donors (Lipinski definition) is 5. The number of likely N-dealkylation sites (N-methyl/N-ethyl adjacent to an activating group) is 1. The van der Waals surface area contributed by atoms with Crippen LogP contribution in [0.3, 0.4) is 0 Å². The van der Waals surface area contributed by atoms with E-state index in [-0.39, 0.29) is 18.1 Å². The predicted molar refractivity (Wildman–Crippen MR) is 154 cm³/mol. The first kappa shape index (κ1) is 33.2. The van der Waals surface area contributed by atoms with Gasteiger partial charge in [-0.1, -0.05) is 42.4 Å². The van der Waals surface area contributed by atoms with Crippen LogP contribution < -0.4 is 21.3 Å². The van der Waals surface area contributed by atoms with Gasteiger partial charge in [-0.2, -0.15) is 5.48 Å². The molecule has 0 aliphatic rings. The van der Waals surface area contributed by atoms with Crippen molar-refractivity contribution < 1.29 is 32.7 Å². The molecule has 0 heterocycles. The molecule has 0 bridgehead atoms. The second-order valence-corrected chi connectivity index (χ2v) is 11.2. The SMILES string of the molecule is C=C(C)C(=O)ONC(N)=Nc1ccc(CNC(=O)[C@H](C)N(C)C(=O)[C@@H](CO)NS(=O)(=O)Cc2ccc(Cl)cc2)cc1. The van der Waals surface area contributed by atoms with Crippen molar-refractivity contribution in [1.29, 1.82) is 0 Å². The van der Waals surface area contributed by atoms with Gasteiger partial charge in [0.1, 0.15) is 12.1 Å². The molecule has 2 rings (SSSR count). The van der Waals surface area contributed by atoms with Crippen LogP contribution in [-0.4, -0.2) is 67.9 Å². The Balaban J connectivity index is 1.91. The van der Waals surface area contributed by atoms with Gasteiger partial charge < -0.3 is 25.9 Å². The van der Waals surface area contributed by atoms with Gasteiger partial charge in [-0.3, -0.25) is 9.59 Å². The number of nitrogens with one attached hydrogen (secondary N) is 3. The Kier molecular flexibility index (Phi) is 12.3. The van der Waals surface area contributed by atoms with Crippen LogP contribution in [0.15, 0.2) is 65.7 Å². The lowest BCUT2D eigenvalue weighted by molar-refractivity contribution is -0.143. The maximum Gasteiger partial charge on any atom is 0.358 e. The fraction of sp³-hybridized carbons (Fsp3) is 0.308. The smallest absolute Gasteiger partial charge is 0.358 e. The van der Waals surface area contributed by atoms with Crippen molar-refractivity contribution in [1.82, 2.24) is 20.4 Å². The molecule has 2 aromatic rings. The number of nitrogens with zero attached hydrogens (tertiary/aromatic N) is 2. The van der Waals surface area contributed by atoms with Crippen LogP contribution >= 0.6 is 11.6 Å². The minimum atomic E-state index is -4.00. The summed E-state index contributed by atoms with van der Waals surface area (Å²) in [6, 6.07) is 10.3. The van der Waals surface area contributed by atoms with Gasteiger partial charge in [-0.05, 0) is 49.2 Å². The van der Waals surface area contributed by atoms with Gasteiger partial charge in [0, 0.05) is 24.2 Å². The summed E-state index contributed by atoms with van der Waals surface area (Å²) < 4.78 is 27.3. The molecule has 222 valence electrons. The summed E-state index contributed by atoms with van der Waals surface area (Å²) in [5.74, 6) is -2.55. The number of hydrogen-bond acceptors (Lipinski definition) is 8. The number of carbonyl (C=O) groups is 3. The van der Waals surface area contributed by atoms with Gasteiger partial charge in [0.15, 0.2) is 0 Å². The summed E-state index contributed by atoms with van der Waals surface area (Å²) in [5.41, 5.74) is 9.66. The molecule has 0 saturated carbocycles. The highest BCUT2D eigenvalue weighted by Crippen LogP contribution is 2.14. The molecule has 0 fully saturated rings. The molecule has 0 radical (unpaired) electrons. The van der Waals surface area contributed by atoms with Gasteiger partial charge in [0.05, 0.1) is 18.0 Å². The molecule has 6 N–H and O–H groups in total. The number of amides is 2. The van der Waals surface area contributed by atoms with E-state index in [0.29, 0.717) is 21.8 Å². The monoisotopic (exact) mass is 608 g/mol. The molecule has 0 unspecified atom stereocenters. The van der Waals surface area contributed by atoms with Gasteiger partial charge in [0.25, 0.3) is 0 Å². The summed E-state index contributed by atoms with van der Waals surface area (Å²) in [7, 11) is -2.66. The highest BCUT2D eigenvalue weighted by molar-refractivity contribution is 7.88. The second kappa shape index (κ2) is 15.1. The molecule has 2 atom stereocenters. The Morgan fingerprint density at radius 2 is 1.71 bits per heavy atom. The van der Waals surface area contributed by atoms with Crippen molar-refractivity contribution in [2.24, 2.45) is 10.7 Å². The summed E-state index contributed by atoms with van der Waals surface area (Å²) in [6.45, 7) is 5.71. The van der Waals surface area contributed by atoms with E-state index in [0.717, 1.165) is 4.90 Å². The minimum Gasteiger partial charge on any atom is -0.394 e. The van der Waals surface area contributed by atoms with Crippen LogP contribution in [0.4, 0.5) is 5.69 Å². The highest BCUT2D eigenvalue weighted by atomic mass is 35.5. The topological polar surface area (TPSA) is 193 Å². The largest absolute Gasteiger partial charge is 0.394 e. The zero-order valence-electron chi connectivity index (χ0n) is 22.8. The standard InChI is InChI=1S/C26H33ClN6O7S/c1-16(2)25(37)40-31-26(28)30-21-11-7-18(8-12-21)13-29-23(35)17(3)33(4)24(36)22(14-34)32-41(38,39)15-19-5-9-20(27)10-6-19/h5-12,17,22,32,34H,1,13-15H2,2-4H3,(H,29,35)(H3,28,30,31)/t17-,22+/m0/s1. The molecular formula is C26H33ClN6O7S. The number of carbonyl (C=O) groups excluding carboxylic acids is 3. The lowest BCUT2D eigenvalue weighted by Crippen LogP contribution is -2.54. The van der Waals surface area contributed by atoms with Crippen LogP contribution in [0.2, 0.25) is 5.02 Å². The first-order valence-corrected chi connectivity index (χ1v) is 14.2. The molecule has 13 nitrogen and oxygen atoms in total. The Bertz CT molecular complexity index is 1380. The zero-order valence-corrected chi connectivity index (χ0v) is 24.3. The maximum absolute atomic E-state index is 12.9. The number of rotatable bonds is 12. The number of nitrogens with two attached hydrogens (primary N) is 1. The second-order valence-electron chi connectivity index (χ2n) is 9.02. The summed E-state index contributed by atoms with van der Waals surface area (Å²) >= 11 is 5.82. The number of aliphatic hydroxyl groups excluding tert-OH is 1. The zero-order chi connectivity index (χ0) is 30.7. The van der Waals surface area contributed by atoms with E-state index in [1.54, 1.807) is 24.3 Å². The average molecular weight is 609 g/mol. The average Bonchev–Trinajstić information content (AvgIpc) is 2.93. The Morgan fingerprint density at radius 1 is 1.12 bits per heavy atom. The van der Waals surface area contributed by atoms with Crippen LogP contribution in [-0.2, 0) is 41.5 Å².